The van der Waals surface area contributed by atoms with Gasteiger partial charge in [0.1, 0.15) is 0 Å². The Morgan fingerprint density at radius 2 is 0.610 bits per heavy atom. The van der Waals surface area contributed by atoms with Crippen LogP contribution in [0.25, 0.3) is 0 Å². The average molecular weight is 2390 g/mol. The van der Waals surface area contributed by atoms with Gasteiger partial charge in [0.2, 0.25) is 0 Å². The number of fused-ring (bicyclic) bond motifs is 4. The molecule has 10 heteroatoms. The van der Waals surface area contributed by atoms with Crippen molar-refractivity contribution in [1.82, 2.24) is 0 Å². The van der Waals surface area contributed by atoms with E-state index in [9.17, 15) is 0 Å². The minimum atomic E-state index is 0. The number of hydrogen-bond acceptors (Lipinski definition) is 0. The summed E-state index contributed by atoms with van der Waals surface area (Å²) in [5, 5.41) is 0. The molecule has 0 saturated heterocycles. The molecule has 2 nitrogen and oxygen atoms in total. The third kappa shape index (κ3) is 64.1. The summed E-state index contributed by atoms with van der Waals surface area (Å²) in [4.78, 5) is 0. The zero-order chi connectivity index (χ0) is 101. The first-order valence-electron chi connectivity index (χ1n) is 57.8. The molecule has 0 aliphatic heterocycles. The second kappa shape index (κ2) is 114. The fourth-order valence-electron chi connectivity index (χ4n) is 27.5. The third-order valence-corrected chi connectivity index (χ3v) is 37.2. The van der Waals surface area contributed by atoms with Crippen LogP contribution in [0.1, 0.15) is 478 Å². The van der Waals surface area contributed by atoms with Gasteiger partial charge in [-0.05, 0) is 226 Å². The molecule has 0 aromatic heterocycles. The van der Waals surface area contributed by atoms with Gasteiger partial charge in [-0.15, -0.1) is 19.7 Å². The Morgan fingerprint density at radius 3 is 1.03 bits per heavy atom. The number of rotatable bonds is 27. The van der Waals surface area contributed by atoms with E-state index in [0.29, 0.717) is 47.3 Å². The first-order valence-corrected chi connectivity index (χ1v) is 57.8. The van der Waals surface area contributed by atoms with Crippen LogP contribution >= 0.6 is 0 Å². The molecule has 11 saturated carbocycles. The van der Waals surface area contributed by atoms with Crippen molar-refractivity contribution in [2.75, 3.05) is 0 Å². The van der Waals surface area contributed by atoms with Crippen molar-refractivity contribution in [1.29, 1.82) is 0 Å². The average Bonchev–Trinajstić information content (AvgIpc) is 1.64. The molecule has 37 atom stereocenters. The summed E-state index contributed by atoms with van der Waals surface area (Å²) >= 11 is 0. The number of allylic oxidation sites excluding steroid dienone is 3. The molecule has 37 unspecified atom stereocenters. The molecule has 141 heavy (non-hydrogen) atoms. The standard InChI is InChI=1S/C18H36.C18H33.C16H30.C16H28.C16H30.C16H28.C12H18.9C2H5.CH4.2H2O.8Zn/c2*1-7-13(4)16-10-11-17(14(5)8-2)18(12-16)15(6)9-3;2*1-5-11(3)14-7-8-15-13(6-2)9-12(4)16(15)10-14;2*1-4-12(3)14-9-10-16-13(5-2)7-6-8-15(16)11-14;1-4-10-7-8-11(5-2)12(6-3)9-10;9*1-2;;;;;;;;;;;/h13-18H,7-12H2,1-6H3;13-18H,4-12H2,1-3H3;11-16H,5-10H2,1-4H3;11-16H,3-10H2,1-2H3;12-16H,4-11H2,1-3H3;8,12-16H,3-7,9-11H2,1-2H3;4-6,10-12H,1-3,7-9H2;9*1H2,2H3;1H4;2*1H2;;;;;;;;/q;-3;;-2;;-2;;9*-1;;;;8*+2. The summed E-state index contributed by atoms with van der Waals surface area (Å²) in [5.41, 5.74) is 0. The van der Waals surface area contributed by atoms with E-state index in [4.69, 9.17) is 0 Å². The van der Waals surface area contributed by atoms with Crippen molar-refractivity contribution in [3.05, 3.63) is 148 Å². The molecular formula is C131H256O2Zn8. The topological polar surface area (TPSA) is 63.0 Å². The van der Waals surface area contributed by atoms with E-state index in [1.807, 2.05) is 0 Å². The van der Waals surface area contributed by atoms with E-state index in [2.05, 4.69) is 287 Å². The van der Waals surface area contributed by atoms with Crippen LogP contribution < -0.4 is 0 Å². The van der Waals surface area contributed by atoms with Gasteiger partial charge in [0, 0.05) is 0 Å². The van der Waals surface area contributed by atoms with Crippen LogP contribution in [0.3, 0.4) is 0 Å². The molecule has 808 valence electrons. The van der Waals surface area contributed by atoms with Gasteiger partial charge in [-0.2, -0.15) is 110 Å². The molecule has 4 N–H and O–H groups in total. The van der Waals surface area contributed by atoms with E-state index >= 15 is 0 Å². The largest absolute Gasteiger partial charge is 2.00 e. The summed E-state index contributed by atoms with van der Waals surface area (Å²) in [7, 11) is 0. The van der Waals surface area contributed by atoms with E-state index < -0.39 is 0 Å². The molecule has 11 rings (SSSR count). The summed E-state index contributed by atoms with van der Waals surface area (Å²) in [6, 6.07) is 0. The van der Waals surface area contributed by atoms with Gasteiger partial charge in [-0.3, -0.25) is 0 Å². The van der Waals surface area contributed by atoms with E-state index in [0.717, 1.165) is 172 Å². The van der Waals surface area contributed by atoms with Crippen LogP contribution in [0, 0.1) is 329 Å². The van der Waals surface area contributed by atoms with E-state index in [-0.39, 0.29) is 174 Å². The molecule has 0 aromatic carbocycles. The Hall–Kier alpha value is 4.13. The fourth-order valence-corrected chi connectivity index (χ4v) is 27.5. The van der Waals surface area contributed by atoms with Gasteiger partial charge in [0.05, 0.1) is 0 Å². The van der Waals surface area contributed by atoms with Crippen molar-refractivity contribution in [3.63, 3.8) is 0 Å². The zero-order valence-electron chi connectivity index (χ0n) is 102. The minimum absolute atomic E-state index is 0. The molecule has 0 aromatic rings. The van der Waals surface area contributed by atoms with Crippen molar-refractivity contribution in [3.8, 4) is 0 Å². The van der Waals surface area contributed by atoms with Crippen molar-refractivity contribution >= 4 is 0 Å². The van der Waals surface area contributed by atoms with Crippen LogP contribution in [0.4, 0.5) is 0 Å². The summed E-state index contributed by atoms with van der Waals surface area (Å²) in [6.07, 6.45) is 68.2. The Morgan fingerprint density at radius 1 is 0.277 bits per heavy atom. The van der Waals surface area contributed by atoms with Crippen LogP contribution in [-0.2, 0) is 156 Å². The predicted octanol–water partition coefficient (Wildman–Crippen LogP) is 41.9. The molecule has 0 radical (unpaired) electrons. The van der Waals surface area contributed by atoms with Crippen LogP contribution in [0.2, 0.25) is 0 Å². The minimum Gasteiger partial charge on any atom is -0.412 e. The first kappa shape index (κ1) is 181. The molecule has 11 fully saturated rings. The molecule has 11 aliphatic carbocycles. The van der Waals surface area contributed by atoms with Gasteiger partial charge in [0.25, 0.3) is 0 Å². The fraction of sp³-hybridized carbons (Fsp3) is 0.832. The van der Waals surface area contributed by atoms with Gasteiger partial charge in [0.15, 0.2) is 0 Å². The second-order valence-electron chi connectivity index (χ2n) is 42.5. The quantitative estimate of drug-likeness (QED) is 0.0447. The van der Waals surface area contributed by atoms with Crippen molar-refractivity contribution in [2.45, 2.75) is 478 Å². The Balaban J connectivity index is -0.0000000888. The van der Waals surface area contributed by atoms with Gasteiger partial charge < -0.3 is 121 Å². The molecular weight excluding hydrogens is 2130 g/mol. The maximum atomic E-state index is 4.42. The number of hydrogen-bond donors (Lipinski definition) is 0. The third-order valence-electron chi connectivity index (χ3n) is 37.2. The normalized spacial score (nSPS) is 31.8. The Kier molecular flexibility index (Phi) is 146. The second-order valence-corrected chi connectivity index (χ2v) is 42.5. The Bertz CT molecular complexity index is 2290. The van der Waals surface area contributed by atoms with Gasteiger partial charge in [-0.25, -0.2) is 0 Å². The van der Waals surface area contributed by atoms with Crippen LogP contribution in [0.15, 0.2) is 38.0 Å². The SMILES string of the molecule is C.C=CC1CCC(C=C)C(C=C)C1.CCC(C)C1CCC(C(C)CC)C(C(C)CC)C1.CCC(C)C1CCC2C(CC)CC(C)C2C1.CCC(C)C1CCC2C(CC)CCCC2C1.O.O.[CH2-]C.[CH2-]C.[CH2-]C.[CH2-]C.[CH2-]C.[CH2-]C.[CH2-]C.[CH2-]C.[CH2-]C.[CH2-]C(CC)C1CCC(C([CH2-])CC)C(C([CH2-])CC)C1.[CH2-]C(CC)C1CCC2C(CC)CC([CH2-])C2C1.[CH2-]C(CC)C1CCC2C([CH-]CCC2CC)C1.[Zn+2].[Zn+2].[Zn+2].[Zn+2].[Zn+2].[Zn+2].[Zn+2].[Zn+2]. The predicted molar refractivity (Wildman–Crippen MR) is 617 cm³/mol. The van der Waals surface area contributed by atoms with Gasteiger partial charge in [-0.1, -0.05) is 379 Å². The molecule has 0 bridgehead atoms. The van der Waals surface area contributed by atoms with Gasteiger partial charge >= 0.3 is 156 Å². The molecule has 0 amide bonds. The summed E-state index contributed by atoms with van der Waals surface area (Å²) in [6.45, 7) is 131. The molecule has 0 spiro atoms. The summed E-state index contributed by atoms with van der Waals surface area (Å²) < 4.78 is 0. The molecule has 11 aliphatic rings. The van der Waals surface area contributed by atoms with Crippen molar-refractivity contribution < 1.29 is 167 Å². The zero-order valence-corrected chi connectivity index (χ0v) is 125. The van der Waals surface area contributed by atoms with Crippen molar-refractivity contribution in [2.24, 2.45) is 219 Å². The maximum absolute atomic E-state index is 4.42. The van der Waals surface area contributed by atoms with Crippen LogP contribution in [-0.4, -0.2) is 11.0 Å². The maximum Gasteiger partial charge on any atom is 2.00 e. The smallest absolute Gasteiger partial charge is 0.412 e. The van der Waals surface area contributed by atoms with Crippen LogP contribution in [0.5, 0.6) is 0 Å². The molecule has 0 heterocycles. The Labute approximate surface area is 1000 Å². The monoisotopic (exact) mass is 2370 g/mol. The van der Waals surface area contributed by atoms with E-state index in [1.54, 1.807) is 94.4 Å². The first-order chi connectivity index (χ1) is 62.8. The van der Waals surface area contributed by atoms with E-state index in [1.165, 1.54) is 238 Å². The summed E-state index contributed by atoms with van der Waals surface area (Å²) in [5.74, 6) is 33.5.